The Bertz CT molecular complexity index is 514. The molecule has 0 aliphatic rings. The predicted molar refractivity (Wildman–Crippen MR) is 73.5 cm³/mol. The van der Waals surface area contributed by atoms with E-state index >= 15 is 0 Å². The molecular formula is C13H17N3O4. The lowest BCUT2D eigenvalue weighted by Gasteiger charge is -2.13. The van der Waals surface area contributed by atoms with Crippen LogP contribution in [0.25, 0.3) is 0 Å². The fourth-order valence-electron chi connectivity index (χ4n) is 1.44. The normalized spacial score (nSPS) is 9.70. The molecule has 3 amide bonds. The summed E-state index contributed by atoms with van der Waals surface area (Å²) in [5, 5.41) is 13.7. The lowest BCUT2D eigenvalue weighted by molar-refractivity contribution is -0.136. The van der Waals surface area contributed by atoms with Gasteiger partial charge in [-0.1, -0.05) is 18.2 Å². The minimum Gasteiger partial charge on any atom is -0.481 e. The largest absolute Gasteiger partial charge is 0.481 e. The Hall–Kier alpha value is -2.57. The van der Waals surface area contributed by atoms with Crippen LogP contribution in [0.2, 0.25) is 0 Å². The van der Waals surface area contributed by atoms with E-state index in [1.165, 1.54) is 4.90 Å². The average molecular weight is 279 g/mol. The van der Waals surface area contributed by atoms with Crippen molar-refractivity contribution in [3.05, 3.63) is 29.8 Å². The van der Waals surface area contributed by atoms with Gasteiger partial charge in [0.25, 0.3) is 0 Å². The van der Waals surface area contributed by atoms with Crippen LogP contribution in [-0.2, 0) is 16.0 Å². The van der Waals surface area contributed by atoms with E-state index in [4.69, 9.17) is 5.11 Å². The Kier molecular flexibility index (Phi) is 5.52. The first-order chi connectivity index (χ1) is 9.40. The lowest BCUT2D eigenvalue weighted by Crippen LogP contribution is -2.38. The van der Waals surface area contributed by atoms with Crippen molar-refractivity contribution in [3.8, 4) is 0 Å². The summed E-state index contributed by atoms with van der Waals surface area (Å²) in [4.78, 5) is 35.0. The van der Waals surface area contributed by atoms with Gasteiger partial charge < -0.3 is 20.6 Å². The SMILES string of the molecule is CN(C)C(=O)CNC(=O)Nc1ccccc1CC(=O)O. The fourth-order valence-corrected chi connectivity index (χ4v) is 1.44. The molecule has 0 heterocycles. The second-order valence-electron chi connectivity index (χ2n) is 4.32. The quantitative estimate of drug-likeness (QED) is 0.732. The Morgan fingerprint density at radius 3 is 2.45 bits per heavy atom. The van der Waals surface area contributed by atoms with Gasteiger partial charge >= 0.3 is 12.0 Å². The number of hydrogen-bond acceptors (Lipinski definition) is 3. The molecule has 0 atom stereocenters. The van der Waals surface area contributed by atoms with Gasteiger partial charge in [0.2, 0.25) is 5.91 Å². The number of anilines is 1. The van der Waals surface area contributed by atoms with Gasteiger partial charge in [-0.3, -0.25) is 9.59 Å². The summed E-state index contributed by atoms with van der Waals surface area (Å²) in [5.41, 5.74) is 0.902. The van der Waals surface area contributed by atoms with Gasteiger partial charge in [-0.05, 0) is 11.6 Å². The van der Waals surface area contributed by atoms with Crippen molar-refractivity contribution < 1.29 is 19.5 Å². The zero-order chi connectivity index (χ0) is 15.1. The number of nitrogens with zero attached hydrogens (tertiary/aromatic N) is 1. The number of hydrogen-bond donors (Lipinski definition) is 3. The van der Waals surface area contributed by atoms with E-state index in [2.05, 4.69) is 10.6 Å². The second-order valence-corrected chi connectivity index (χ2v) is 4.32. The molecule has 0 saturated carbocycles. The monoisotopic (exact) mass is 279 g/mol. The maximum atomic E-state index is 11.6. The van der Waals surface area contributed by atoms with Crippen LogP contribution in [0.3, 0.4) is 0 Å². The van der Waals surface area contributed by atoms with Crippen molar-refractivity contribution in [3.63, 3.8) is 0 Å². The first kappa shape index (κ1) is 15.5. The lowest BCUT2D eigenvalue weighted by atomic mass is 10.1. The van der Waals surface area contributed by atoms with E-state index in [0.717, 1.165) is 0 Å². The predicted octanol–water partition coefficient (Wildman–Crippen LogP) is 0.523. The molecule has 1 aromatic rings. The molecule has 1 aromatic carbocycles. The highest BCUT2D eigenvalue weighted by molar-refractivity contribution is 5.93. The molecule has 3 N–H and O–H groups in total. The summed E-state index contributed by atoms with van der Waals surface area (Å²) in [5.74, 6) is -1.22. The van der Waals surface area contributed by atoms with Crippen LogP contribution in [0.4, 0.5) is 10.5 Å². The third-order valence-electron chi connectivity index (χ3n) is 2.51. The number of urea groups is 1. The molecular weight excluding hydrogens is 262 g/mol. The van der Waals surface area contributed by atoms with E-state index < -0.39 is 12.0 Å². The van der Waals surface area contributed by atoms with Crippen LogP contribution in [0.5, 0.6) is 0 Å². The van der Waals surface area contributed by atoms with Gasteiger partial charge in [0.1, 0.15) is 0 Å². The number of carbonyl (C=O) groups excluding carboxylic acids is 2. The van der Waals surface area contributed by atoms with E-state index in [0.29, 0.717) is 11.3 Å². The standard InChI is InChI=1S/C13H17N3O4/c1-16(2)11(17)8-14-13(20)15-10-6-4-3-5-9(10)7-12(18)19/h3-6H,7-8H2,1-2H3,(H,18,19)(H2,14,15,20). The number of aliphatic carboxylic acids is 1. The van der Waals surface area contributed by atoms with E-state index in [1.54, 1.807) is 38.4 Å². The molecule has 0 aromatic heterocycles. The average Bonchev–Trinajstić information content (AvgIpc) is 2.37. The van der Waals surface area contributed by atoms with Crippen LogP contribution >= 0.6 is 0 Å². The first-order valence-corrected chi connectivity index (χ1v) is 5.95. The zero-order valence-corrected chi connectivity index (χ0v) is 11.3. The highest BCUT2D eigenvalue weighted by Crippen LogP contribution is 2.15. The Morgan fingerprint density at radius 1 is 1.20 bits per heavy atom. The molecule has 0 aliphatic carbocycles. The summed E-state index contributed by atoms with van der Waals surface area (Å²) in [6.45, 7) is -0.125. The maximum absolute atomic E-state index is 11.6. The number of benzene rings is 1. The second kappa shape index (κ2) is 7.13. The summed E-state index contributed by atoms with van der Waals surface area (Å²) in [7, 11) is 3.17. The number of likely N-dealkylation sites (N-methyl/N-ethyl adjacent to an activating group) is 1. The zero-order valence-electron chi connectivity index (χ0n) is 11.3. The first-order valence-electron chi connectivity index (χ1n) is 5.95. The van der Waals surface area contributed by atoms with E-state index in [1.807, 2.05) is 0 Å². The summed E-state index contributed by atoms with van der Waals surface area (Å²) < 4.78 is 0. The molecule has 7 nitrogen and oxygen atoms in total. The fraction of sp³-hybridized carbons (Fsp3) is 0.308. The van der Waals surface area contributed by atoms with E-state index in [9.17, 15) is 14.4 Å². The molecule has 1 rings (SSSR count). The maximum Gasteiger partial charge on any atom is 0.319 e. The molecule has 0 bridgehead atoms. The highest BCUT2D eigenvalue weighted by Gasteiger charge is 2.10. The summed E-state index contributed by atoms with van der Waals surface area (Å²) in [6, 6.07) is 6.04. The van der Waals surface area contributed by atoms with Crippen LogP contribution in [-0.4, -0.2) is 48.6 Å². The number of para-hydroxylation sites is 1. The van der Waals surface area contributed by atoms with Gasteiger partial charge in [-0.15, -0.1) is 0 Å². The van der Waals surface area contributed by atoms with E-state index in [-0.39, 0.29) is 18.9 Å². The van der Waals surface area contributed by atoms with Crippen LogP contribution in [0, 0.1) is 0 Å². The van der Waals surface area contributed by atoms with Gasteiger partial charge in [0.05, 0.1) is 13.0 Å². The Morgan fingerprint density at radius 2 is 1.85 bits per heavy atom. The highest BCUT2D eigenvalue weighted by atomic mass is 16.4. The van der Waals surface area contributed by atoms with Crippen molar-refractivity contribution in [2.75, 3.05) is 26.0 Å². The topological polar surface area (TPSA) is 98.7 Å². The van der Waals surface area contributed by atoms with Crippen molar-refractivity contribution in [1.82, 2.24) is 10.2 Å². The molecule has 0 fully saturated rings. The molecule has 20 heavy (non-hydrogen) atoms. The van der Waals surface area contributed by atoms with Gasteiger partial charge in [-0.25, -0.2) is 4.79 Å². The van der Waals surface area contributed by atoms with Crippen LogP contribution in [0.1, 0.15) is 5.56 Å². The minimum atomic E-state index is -0.984. The third-order valence-corrected chi connectivity index (χ3v) is 2.51. The third kappa shape index (κ3) is 4.97. The molecule has 0 radical (unpaired) electrons. The molecule has 7 heteroatoms. The molecule has 108 valence electrons. The van der Waals surface area contributed by atoms with Crippen molar-refractivity contribution in [2.45, 2.75) is 6.42 Å². The smallest absolute Gasteiger partial charge is 0.319 e. The number of carbonyl (C=O) groups is 3. The molecule has 0 aliphatic heterocycles. The number of amides is 3. The Balaban J connectivity index is 2.62. The summed E-state index contributed by atoms with van der Waals surface area (Å²) >= 11 is 0. The minimum absolute atomic E-state index is 0.125. The number of carboxylic acid groups (broad SMARTS) is 1. The molecule has 0 spiro atoms. The molecule has 0 saturated heterocycles. The van der Waals surface area contributed by atoms with Crippen molar-refractivity contribution in [1.29, 1.82) is 0 Å². The summed E-state index contributed by atoms with van der Waals surface area (Å²) in [6.07, 6.45) is -0.187. The number of nitrogens with one attached hydrogen (secondary N) is 2. The number of carboxylic acids is 1. The number of rotatable bonds is 5. The van der Waals surface area contributed by atoms with Crippen LogP contribution < -0.4 is 10.6 Å². The van der Waals surface area contributed by atoms with Crippen molar-refractivity contribution in [2.24, 2.45) is 0 Å². The van der Waals surface area contributed by atoms with Gasteiger partial charge in [0, 0.05) is 19.8 Å². The Labute approximate surface area is 116 Å². The molecule has 0 unspecified atom stereocenters. The van der Waals surface area contributed by atoms with Gasteiger partial charge in [-0.2, -0.15) is 0 Å². The van der Waals surface area contributed by atoms with Crippen molar-refractivity contribution >= 4 is 23.6 Å². The van der Waals surface area contributed by atoms with Gasteiger partial charge in [0.15, 0.2) is 0 Å². The van der Waals surface area contributed by atoms with Crippen LogP contribution in [0.15, 0.2) is 24.3 Å².